The molecule has 0 aliphatic rings. The second-order valence-corrected chi connectivity index (χ2v) is 6.02. The second-order valence-electron chi connectivity index (χ2n) is 5.62. The van der Waals surface area contributed by atoms with Crippen molar-refractivity contribution in [1.82, 2.24) is 4.90 Å². The quantitative estimate of drug-likeness (QED) is 0.827. The Bertz CT molecular complexity index is 752. The largest absolute Gasteiger partial charge is 0.325 e. The van der Waals surface area contributed by atoms with Crippen LogP contribution >= 0.6 is 11.6 Å². The molecule has 1 atom stereocenters. The van der Waals surface area contributed by atoms with Gasteiger partial charge in [-0.05, 0) is 50.4 Å². The van der Waals surface area contributed by atoms with Gasteiger partial charge < -0.3 is 10.6 Å². The summed E-state index contributed by atoms with van der Waals surface area (Å²) >= 11 is 6.00. The number of benzene rings is 2. The lowest BCUT2D eigenvalue weighted by molar-refractivity contribution is -0.122. The fourth-order valence-corrected chi connectivity index (χ4v) is 2.28. The molecule has 0 bridgehead atoms. The summed E-state index contributed by atoms with van der Waals surface area (Å²) in [6, 6.07) is 11.8. The summed E-state index contributed by atoms with van der Waals surface area (Å²) in [7, 11) is 1.67. The molecule has 0 radical (unpaired) electrons. The molecule has 2 N–H and O–H groups in total. The Hall–Kier alpha value is -2.44. The number of likely N-dealkylation sites (N-methyl/N-ethyl adjacent to an activating group) is 1. The summed E-state index contributed by atoms with van der Waals surface area (Å²) in [5, 5.41) is 5.83. The van der Waals surface area contributed by atoms with Crippen LogP contribution in [0.4, 0.5) is 15.8 Å². The fraction of sp³-hybridized carbons (Fsp3) is 0.222. The topological polar surface area (TPSA) is 61.4 Å². The molecule has 0 fully saturated rings. The summed E-state index contributed by atoms with van der Waals surface area (Å²) in [5.41, 5.74) is 1.01. The Kier molecular flexibility index (Phi) is 6.50. The minimum Gasteiger partial charge on any atom is -0.325 e. The van der Waals surface area contributed by atoms with Crippen molar-refractivity contribution in [3.05, 3.63) is 59.4 Å². The highest BCUT2D eigenvalue weighted by molar-refractivity contribution is 6.33. The van der Waals surface area contributed by atoms with Gasteiger partial charge in [0, 0.05) is 5.69 Å². The lowest BCUT2D eigenvalue weighted by Gasteiger charge is -2.23. The smallest absolute Gasteiger partial charge is 0.241 e. The molecular formula is C18H19ClFN3O2. The van der Waals surface area contributed by atoms with Gasteiger partial charge in [0.25, 0.3) is 0 Å². The second kappa shape index (κ2) is 8.60. The van der Waals surface area contributed by atoms with Gasteiger partial charge in [-0.3, -0.25) is 14.5 Å². The zero-order valence-electron chi connectivity index (χ0n) is 13.9. The standard InChI is InChI=1S/C18H19ClFN3O2/c1-12(18(25)21-14-9-7-13(20)8-10-14)23(2)11-17(24)22-16-6-4-3-5-15(16)19/h3-10,12H,11H2,1-2H3,(H,21,25)(H,22,24)/t12-/m0/s1. The zero-order chi connectivity index (χ0) is 18.4. The number of rotatable bonds is 6. The molecule has 7 heteroatoms. The Balaban J connectivity index is 1.89. The molecule has 0 aliphatic heterocycles. The summed E-state index contributed by atoms with van der Waals surface area (Å²) in [5.74, 6) is -0.948. The maximum absolute atomic E-state index is 12.9. The third kappa shape index (κ3) is 5.55. The molecule has 5 nitrogen and oxygen atoms in total. The number of nitrogens with zero attached hydrogens (tertiary/aromatic N) is 1. The van der Waals surface area contributed by atoms with Gasteiger partial charge in [-0.15, -0.1) is 0 Å². The third-order valence-corrected chi connectivity index (χ3v) is 4.02. The van der Waals surface area contributed by atoms with Crippen LogP contribution in [0.15, 0.2) is 48.5 Å². The van der Waals surface area contributed by atoms with Crippen molar-refractivity contribution in [2.45, 2.75) is 13.0 Å². The van der Waals surface area contributed by atoms with Crippen LogP contribution in [0.1, 0.15) is 6.92 Å². The lowest BCUT2D eigenvalue weighted by atomic mass is 10.2. The highest BCUT2D eigenvalue weighted by atomic mass is 35.5. The van der Waals surface area contributed by atoms with Gasteiger partial charge in [0.2, 0.25) is 11.8 Å². The summed E-state index contributed by atoms with van der Waals surface area (Å²) < 4.78 is 12.9. The number of carbonyl (C=O) groups is 2. The molecule has 0 heterocycles. The van der Waals surface area contributed by atoms with Crippen molar-refractivity contribution in [2.24, 2.45) is 0 Å². The number of nitrogens with one attached hydrogen (secondary N) is 2. The van der Waals surface area contributed by atoms with Crippen LogP contribution in [-0.4, -0.2) is 36.3 Å². The molecule has 2 aromatic carbocycles. The molecule has 2 aromatic rings. The molecule has 132 valence electrons. The van der Waals surface area contributed by atoms with Crippen LogP contribution in [0.5, 0.6) is 0 Å². The first kappa shape index (κ1) is 18.9. The number of amides is 2. The van der Waals surface area contributed by atoms with E-state index in [2.05, 4.69) is 10.6 Å². The molecule has 0 aromatic heterocycles. The predicted octanol–water partition coefficient (Wildman–Crippen LogP) is 3.38. The molecule has 2 amide bonds. The summed E-state index contributed by atoms with van der Waals surface area (Å²) in [6.45, 7) is 1.70. The molecule has 0 saturated heterocycles. The van der Waals surface area contributed by atoms with E-state index in [1.54, 1.807) is 43.1 Å². The number of halogens is 2. The van der Waals surface area contributed by atoms with E-state index in [1.165, 1.54) is 24.3 Å². The van der Waals surface area contributed by atoms with Gasteiger partial charge in [0.05, 0.1) is 23.3 Å². The minimum atomic E-state index is -0.554. The van der Waals surface area contributed by atoms with Crippen LogP contribution in [0, 0.1) is 5.82 Å². The highest BCUT2D eigenvalue weighted by Crippen LogP contribution is 2.20. The van der Waals surface area contributed by atoms with Gasteiger partial charge in [0.15, 0.2) is 0 Å². The Morgan fingerprint density at radius 3 is 2.40 bits per heavy atom. The number of para-hydroxylation sites is 1. The Morgan fingerprint density at radius 1 is 1.12 bits per heavy atom. The maximum Gasteiger partial charge on any atom is 0.241 e. The van der Waals surface area contributed by atoms with Crippen molar-refractivity contribution in [1.29, 1.82) is 0 Å². The average Bonchev–Trinajstić information content (AvgIpc) is 2.58. The van der Waals surface area contributed by atoms with Crippen LogP contribution in [0.3, 0.4) is 0 Å². The molecule has 25 heavy (non-hydrogen) atoms. The first-order chi connectivity index (χ1) is 11.9. The van der Waals surface area contributed by atoms with Crippen LogP contribution in [0.25, 0.3) is 0 Å². The van der Waals surface area contributed by atoms with Gasteiger partial charge in [-0.1, -0.05) is 23.7 Å². The molecule has 0 aliphatic carbocycles. The monoisotopic (exact) mass is 363 g/mol. The first-order valence-electron chi connectivity index (χ1n) is 7.68. The number of hydrogen-bond acceptors (Lipinski definition) is 3. The summed E-state index contributed by atoms with van der Waals surface area (Å²) in [6.07, 6.45) is 0. The SMILES string of the molecule is C[C@@H](C(=O)Nc1ccc(F)cc1)N(C)CC(=O)Nc1ccccc1Cl. The van der Waals surface area contributed by atoms with E-state index in [0.717, 1.165) is 0 Å². The first-order valence-corrected chi connectivity index (χ1v) is 8.05. The predicted molar refractivity (Wildman–Crippen MR) is 97.2 cm³/mol. The third-order valence-electron chi connectivity index (χ3n) is 3.69. The summed E-state index contributed by atoms with van der Waals surface area (Å²) in [4.78, 5) is 25.9. The normalized spacial score (nSPS) is 11.9. The molecule has 0 spiro atoms. The lowest BCUT2D eigenvalue weighted by Crippen LogP contribution is -2.43. The van der Waals surface area contributed by atoms with Crippen LogP contribution in [-0.2, 0) is 9.59 Å². The van der Waals surface area contributed by atoms with E-state index in [1.807, 2.05) is 0 Å². The van der Waals surface area contributed by atoms with Gasteiger partial charge in [-0.2, -0.15) is 0 Å². The van der Waals surface area contributed by atoms with Crippen molar-refractivity contribution in [3.8, 4) is 0 Å². The molecule has 0 saturated carbocycles. The number of hydrogen-bond donors (Lipinski definition) is 2. The Labute approximate surface area is 150 Å². The van der Waals surface area contributed by atoms with Crippen molar-refractivity contribution in [2.75, 3.05) is 24.2 Å². The Morgan fingerprint density at radius 2 is 1.76 bits per heavy atom. The molecule has 0 unspecified atom stereocenters. The average molecular weight is 364 g/mol. The van der Waals surface area contributed by atoms with E-state index in [9.17, 15) is 14.0 Å². The zero-order valence-corrected chi connectivity index (χ0v) is 14.7. The van der Waals surface area contributed by atoms with Crippen molar-refractivity contribution >= 4 is 34.8 Å². The fourth-order valence-electron chi connectivity index (χ4n) is 2.10. The van der Waals surface area contributed by atoms with E-state index >= 15 is 0 Å². The molecule has 2 rings (SSSR count). The maximum atomic E-state index is 12.9. The van der Waals surface area contributed by atoms with Crippen LogP contribution in [0.2, 0.25) is 5.02 Å². The van der Waals surface area contributed by atoms with E-state index in [4.69, 9.17) is 11.6 Å². The van der Waals surface area contributed by atoms with E-state index in [-0.39, 0.29) is 24.2 Å². The van der Waals surface area contributed by atoms with Crippen LogP contribution < -0.4 is 10.6 Å². The van der Waals surface area contributed by atoms with Gasteiger partial charge in [-0.25, -0.2) is 4.39 Å². The van der Waals surface area contributed by atoms with Crippen molar-refractivity contribution < 1.29 is 14.0 Å². The minimum absolute atomic E-state index is 0.0171. The number of anilines is 2. The highest BCUT2D eigenvalue weighted by Gasteiger charge is 2.20. The van der Waals surface area contributed by atoms with Gasteiger partial charge in [0.1, 0.15) is 5.82 Å². The van der Waals surface area contributed by atoms with Crippen molar-refractivity contribution in [3.63, 3.8) is 0 Å². The van der Waals surface area contributed by atoms with Gasteiger partial charge >= 0.3 is 0 Å². The van der Waals surface area contributed by atoms with E-state index in [0.29, 0.717) is 16.4 Å². The number of carbonyl (C=O) groups excluding carboxylic acids is 2. The molecular weight excluding hydrogens is 345 g/mol. The van der Waals surface area contributed by atoms with E-state index < -0.39 is 6.04 Å².